The summed E-state index contributed by atoms with van der Waals surface area (Å²) in [5.41, 5.74) is 1.06. The number of carbonyl (C=O) groups excluding carboxylic acids is 1. The Bertz CT molecular complexity index is 666. The number of furan rings is 1. The van der Waals surface area contributed by atoms with Crippen LogP contribution in [0.2, 0.25) is 0 Å². The largest absolute Gasteiger partial charge is 0.455 e. The summed E-state index contributed by atoms with van der Waals surface area (Å²) in [5, 5.41) is 2.67. The molecular formula is C16H19NO4S. The minimum atomic E-state index is -1.20. The second-order valence-corrected chi connectivity index (χ2v) is 6.27. The Kier molecular flexibility index (Phi) is 5.91. The van der Waals surface area contributed by atoms with Gasteiger partial charge in [0.25, 0.3) is 5.91 Å². The van der Waals surface area contributed by atoms with Crippen molar-refractivity contribution < 1.29 is 18.2 Å². The summed E-state index contributed by atoms with van der Waals surface area (Å²) in [7, 11) is 0.370. The average molecular weight is 321 g/mol. The lowest BCUT2D eigenvalue weighted by atomic mass is 10.2. The van der Waals surface area contributed by atoms with E-state index in [4.69, 9.17) is 9.15 Å². The fraction of sp³-hybridized carbons (Fsp3) is 0.312. The van der Waals surface area contributed by atoms with E-state index in [-0.39, 0.29) is 17.4 Å². The van der Waals surface area contributed by atoms with Crippen LogP contribution < -0.4 is 5.32 Å². The number of aryl methyl sites for hydroxylation is 1. The van der Waals surface area contributed by atoms with E-state index in [0.717, 1.165) is 10.5 Å². The quantitative estimate of drug-likeness (QED) is 0.794. The van der Waals surface area contributed by atoms with Crippen LogP contribution in [-0.2, 0) is 21.3 Å². The predicted molar refractivity (Wildman–Crippen MR) is 84.2 cm³/mol. The van der Waals surface area contributed by atoms with Gasteiger partial charge in [0, 0.05) is 18.6 Å². The average Bonchev–Trinajstić information content (AvgIpc) is 2.96. The molecule has 2 aromatic rings. The smallest absolute Gasteiger partial charge is 0.287 e. The molecule has 0 fully saturated rings. The van der Waals surface area contributed by atoms with Crippen LogP contribution in [0.25, 0.3) is 0 Å². The molecule has 1 aromatic heterocycles. The molecule has 0 aliphatic heterocycles. The summed E-state index contributed by atoms with van der Waals surface area (Å²) in [6.07, 6.45) is 0. The Morgan fingerprint density at radius 3 is 2.86 bits per heavy atom. The molecule has 1 aromatic carbocycles. The van der Waals surface area contributed by atoms with Crippen LogP contribution in [0.1, 0.15) is 21.9 Å². The highest BCUT2D eigenvalue weighted by atomic mass is 32.2. The van der Waals surface area contributed by atoms with E-state index in [0.29, 0.717) is 18.9 Å². The van der Waals surface area contributed by atoms with Crippen molar-refractivity contribution in [2.75, 3.05) is 20.3 Å². The van der Waals surface area contributed by atoms with Crippen LogP contribution in [0.4, 0.5) is 0 Å². The lowest BCUT2D eigenvalue weighted by molar-refractivity contribution is 0.0908. The summed E-state index contributed by atoms with van der Waals surface area (Å²) in [6, 6.07) is 10.8. The van der Waals surface area contributed by atoms with Crippen LogP contribution >= 0.6 is 0 Å². The Balaban J connectivity index is 1.97. The molecule has 1 unspecified atom stereocenters. The summed E-state index contributed by atoms with van der Waals surface area (Å²) >= 11 is 0. The van der Waals surface area contributed by atoms with Gasteiger partial charge in [-0.05, 0) is 36.8 Å². The maximum absolute atomic E-state index is 12.3. The minimum Gasteiger partial charge on any atom is -0.455 e. The molecule has 1 N–H and O–H groups in total. The first-order valence-corrected chi connectivity index (χ1v) is 8.23. The number of methoxy groups -OCH3 is 1. The Morgan fingerprint density at radius 1 is 1.32 bits per heavy atom. The third-order valence-corrected chi connectivity index (χ3v) is 4.33. The molecule has 1 amide bonds. The van der Waals surface area contributed by atoms with Crippen molar-refractivity contribution >= 4 is 16.7 Å². The normalized spacial score (nSPS) is 12.1. The van der Waals surface area contributed by atoms with Gasteiger partial charge in [-0.1, -0.05) is 12.1 Å². The van der Waals surface area contributed by atoms with Crippen LogP contribution in [0.5, 0.6) is 0 Å². The lowest BCUT2D eigenvalue weighted by Gasteiger charge is -2.02. The molecule has 0 saturated heterocycles. The van der Waals surface area contributed by atoms with E-state index < -0.39 is 10.8 Å². The molecule has 1 heterocycles. The minimum absolute atomic E-state index is 0.215. The molecule has 0 saturated carbocycles. The molecular weight excluding hydrogens is 302 g/mol. The van der Waals surface area contributed by atoms with Crippen molar-refractivity contribution in [3.8, 4) is 0 Å². The number of amides is 1. The van der Waals surface area contributed by atoms with Crippen molar-refractivity contribution in [1.29, 1.82) is 0 Å². The zero-order valence-electron chi connectivity index (χ0n) is 12.6. The van der Waals surface area contributed by atoms with Gasteiger partial charge in [0.15, 0.2) is 5.76 Å². The zero-order valence-corrected chi connectivity index (χ0v) is 13.4. The molecule has 5 nitrogen and oxygen atoms in total. The van der Waals surface area contributed by atoms with E-state index in [2.05, 4.69) is 5.32 Å². The van der Waals surface area contributed by atoms with E-state index in [1.54, 1.807) is 19.2 Å². The topological polar surface area (TPSA) is 68.5 Å². The lowest BCUT2D eigenvalue weighted by Crippen LogP contribution is -2.26. The van der Waals surface area contributed by atoms with Gasteiger partial charge in [-0.15, -0.1) is 0 Å². The fourth-order valence-electron chi connectivity index (χ4n) is 1.90. The van der Waals surface area contributed by atoms with Gasteiger partial charge in [0.1, 0.15) is 5.76 Å². The number of hydrogen-bond donors (Lipinski definition) is 1. The summed E-state index contributed by atoms with van der Waals surface area (Å²) < 4.78 is 22.6. The molecule has 0 radical (unpaired) electrons. The van der Waals surface area contributed by atoms with Gasteiger partial charge < -0.3 is 14.5 Å². The first kappa shape index (κ1) is 16.5. The summed E-state index contributed by atoms with van der Waals surface area (Å²) in [5.74, 6) is 0.683. The molecule has 0 aliphatic rings. The Morgan fingerprint density at radius 2 is 2.14 bits per heavy atom. The standard InChI is InChI=1S/C16H19NO4S/c1-12-4-3-5-14(10-12)22(19)11-13-6-7-15(21-13)16(18)17-8-9-20-2/h3-7,10H,8-9,11H2,1-2H3,(H,17,18). The third kappa shape index (κ3) is 4.54. The van der Waals surface area contributed by atoms with Gasteiger partial charge in [0.05, 0.1) is 23.2 Å². The van der Waals surface area contributed by atoms with Gasteiger partial charge in [0.2, 0.25) is 0 Å². The van der Waals surface area contributed by atoms with E-state index in [1.807, 2.05) is 31.2 Å². The van der Waals surface area contributed by atoms with Crippen molar-refractivity contribution in [3.63, 3.8) is 0 Å². The maximum atomic E-state index is 12.3. The van der Waals surface area contributed by atoms with E-state index in [1.165, 1.54) is 0 Å². The first-order chi connectivity index (χ1) is 10.6. The van der Waals surface area contributed by atoms with Gasteiger partial charge in [-0.25, -0.2) is 0 Å². The predicted octanol–water partition coefficient (Wildman–Crippen LogP) is 2.27. The highest BCUT2D eigenvalue weighted by Crippen LogP contribution is 2.16. The van der Waals surface area contributed by atoms with E-state index >= 15 is 0 Å². The van der Waals surface area contributed by atoms with Gasteiger partial charge in [-0.3, -0.25) is 9.00 Å². The molecule has 0 aliphatic carbocycles. The first-order valence-electron chi connectivity index (χ1n) is 6.91. The number of ether oxygens (including phenoxy) is 1. The monoisotopic (exact) mass is 321 g/mol. The number of nitrogens with one attached hydrogen (secondary N) is 1. The molecule has 22 heavy (non-hydrogen) atoms. The number of rotatable bonds is 7. The van der Waals surface area contributed by atoms with Crippen LogP contribution in [0.15, 0.2) is 45.7 Å². The second-order valence-electron chi connectivity index (χ2n) is 4.82. The van der Waals surface area contributed by atoms with Crippen molar-refractivity contribution in [2.24, 2.45) is 0 Å². The van der Waals surface area contributed by atoms with Crippen molar-refractivity contribution in [1.82, 2.24) is 5.32 Å². The van der Waals surface area contributed by atoms with Crippen LogP contribution in [0, 0.1) is 6.92 Å². The van der Waals surface area contributed by atoms with E-state index in [9.17, 15) is 9.00 Å². The SMILES string of the molecule is COCCNC(=O)c1ccc(CS(=O)c2cccc(C)c2)o1. The highest BCUT2D eigenvalue weighted by Gasteiger charge is 2.13. The maximum Gasteiger partial charge on any atom is 0.287 e. The third-order valence-electron chi connectivity index (χ3n) is 3.00. The van der Waals surface area contributed by atoms with Crippen LogP contribution in [-0.4, -0.2) is 30.4 Å². The molecule has 118 valence electrons. The molecule has 1 atom stereocenters. The highest BCUT2D eigenvalue weighted by molar-refractivity contribution is 7.84. The fourth-order valence-corrected chi connectivity index (χ4v) is 3.03. The summed E-state index contributed by atoms with van der Waals surface area (Å²) in [6.45, 7) is 2.81. The Hall–Kier alpha value is -1.92. The Labute approximate surface area is 132 Å². The van der Waals surface area contributed by atoms with Crippen molar-refractivity contribution in [3.05, 3.63) is 53.5 Å². The van der Waals surface area contributed by atoms with Crippen LogP contribution in [0.3, 0.4) is 0 Å². The summed E-state index contributed by atoms with van der Waals surface area (Å²) in [4.78, 5) is 12.5. The second kappa shape index (κ2) is 7.91. The molecule has 6 heteroatoms. The molecule has 0 spiro atoms. The number of hydrogen-bond acceptors (Lipinski definition) is 4. The zero-order chi connectivity index (χ0) is 15.9. The van der Waals surface area contributed by atoms with Crippen molar-refractivity contribution in [2.45, 2.75) is 17.6 Å². The molecule has 2 rings (SSSR count). The number of benzene rings is 1. The van der Waals surface area contributed by atoms with Gasteiger partial charge >= 0.3 is 0 Å². The van der Waals surface area contributed by atoms with Gasteiger partial charge in [-0.2, -0.15) is 0 Å². The number of carbonyl (C=O) groups is 1. The molecule has 0 bridgehead atoms.